The molecule has 22 heavy (non-hydrogen) atoms. The summed E-state index contributed by atoms with van der Waals surface area (Å²) in [6.07, 6.45) is 1.43. The average Bonchev–Trinajstić information content (AvgIpc) is 2.57. The third-order valence-electron chi connectivity index (χ3n) is 4.19. The maximum atomic E-state index is 12.7. The van der Waals surface area contributed by atoms with Gasteiger partial charge in [0.2, 0.25) is 5.91 Å². The van der Waals surface area contributed by atoms with Crippen LogP contribution in [-0.4, -0.2) is 19.1 Å². The molecule has 0 spiro atoms. The van der Waals surface area contributed by atoms with Crippen LogP contribution in [0.3, 0.4) is 0 Å². The molecule has 0 aliphatic carbocycles. The molecule has 0 N–H and O–H groups in total. The number of carbonyl (C=O) groups excluding carboxylic acids is 1. The largest absolute Gasteiger partial charge is 0.493 e. The van der Waals surface area contributed by atoms with E-state index in [1.165, 1.54) is 0 Å². The molecule has 114 valence electrons. The summed E-state index contributed by atoms with van der Waals surface area (Å²) in [5, 5.41) is 0. The summed E-state index contributed by atoms with van der Waals surface area (Å²) < 4.78 is 5.68. The molecule has 1 atom stereocenters. The highest BCUT2D eigenvalue weighted by atomic mass is 16.5. The SMILES string of the molecule is CCN(C(=O)CC1CCOc2ccccc21)c1ccccc1. The van der Waals surface area contributed by atoms with E-state index >= 15 is 0 Å². The Kier molecular flexibility index (Phi) is 4.42. The first-order chi connectivity index (χ1) is 10.8. The number of benzene rings is 2. The molecule has 0 saturated heterocycles. The van der Waals surface area contributed by atoms with E-state index in [9.17, 15) is 4.79 Å². The van der Waals surface area contributed by atoms with Crippen molar-refractivity contribution < 1.29 is 9.53 Å². The van der Waals surface area contributed by atoms with Gasteiger partial charge >= 0.3 is 0 Å². The fraction of sp³-hybridized carbons (Fsp3) is 0.316. The van der Waals surface area contributed by atoms with E-state index < -0.39 is 0 Å². The van der Waals surface area contributed by atoms with Crippen molar-refractivity contribution in [2.24, 2.45) is 0 Å². The van der Waals surface area contributed by atoms with Crippen LogP contribution in [0, 0.1) is 0 Å². The Morgan fingerprint density at radius 3 is 2.64 bits per heavy atom. The number of amides is 1. The smallest absolute Gasteiger partial charge is 0.227 e. The highest BCUT2D eigenvalue weighted by molar-refractivity contribution is 5.93. The molecular weight excluding hydrogens is 274 g/mol. The van der Waals surface area contributed by atoms with Gasteiger partial charge in [-0.05, 0) is 43.0 Å². The quantitative estimate of drug-likeness (QED) is 0.853. The van der Waals surface area contributed by atoms with Gasteiger partial charge in [-0.1, -0.05) is 36.4 Å². The number of anilines is 1. The van der Waals surface area contributed by atoms with Gasteiger partial charge in [-0.2, -0.15) is 0 Å². The second-order valence-electron chi connectivity index (χ2n) is 5.55. The zero-order valence-electron chi connectivity index (χ0n) is 12.9. The number of nitrogens with zero attached hydrogens (tertiary/aromatic N) is 1. The van der Waals surface area contributed by atoms with Gasteiger partial charge in [0.25, 0.3) is 0 Å². The number of rotatable bonds is 4. The Morgan fingerprint density at radius 2 is 1.86 bits per heavy atom. The fourth-order valence-corrected chi connectivity index (χ4v) is 3.06. The topological polar surface area (TPSA) is 29.5 Å². The standard InChI is InChI=1S/C19H21NO2/c1-2-20(16-8-4-3-5-9-16)19(21)14-15-12-13-22-18-11-7-6-10-17(15)18/h3-11,15H,2,12-14H2,1H3. The van der Waals surface area contributed by atoms with Crippen molar-refractivity contribution in [3.05, 3.63) is 60.2 Å². The Bertz CT molecular complexity index is 639. The predicted molar refractivity (Wildman–Crippen MR) is 88.4 cm³/mol. The second kappa shape index (κ2) is 6.65. The third-order valence-corrected chi connectivity index (χ3v) is 4.19. The zero-order valence-corrected chi connectivity index (χ0v) is 12.9. The van der Waals surface area contributed by atoms with Crippen LogP contribution in [0.4, 0.5) is 5.69 Å². The Balaban J connectivity index is 1.77. The molecule has 2 aromatic carbocycles. The fourth-order valence-electron chi connectivity index (χ4n) is 3.06. The summed E-state index contributed by atoms with van der Waals surface area (Å²) in [6.45, 7) is 3.39. The molecular formula is C19H21NO2. The third kappa shape index (κ3) is 2.98. The minimum Gasteiger partial charge on any atom is -0.493 e. The normalized spacial score (nSPS) is 16.5. The van der Waals surface area contributed by atoms with Crippen LogP contribution < -0.4 is 9.64 Å². The van der Waals surface area contributed by atoms with Crippen molar-refractivity contribution in [1.82, 2.24) is 0 Å². The highest BCUT2D eigenvalue weighted by Crippen LogP contribution is 2.36. The van der Waals surface area contributed by atoms with Crippen LogP contribution in [0.5, 0.6) is 5.75 Å². The first-order valence-corrected chi connectivity index (χ1v) is 7.86. The van der Waals surface area contributed by atoms with Crippen molar-refractivity contribution in [3.63, 3.8) is 0 Å². The summed E-state index contributed by atoms with van der Waals surface area (Å²) in [6, 6.07) is 17.9. The number of para-hydroxylation sites is 2. The minimum absolute atomic E-state index is 0.176. The van der Waals surface area contributed by atoms with E-state index in [1.54, 1.807) is 0 Å². The van der Waals surface area contributed by atoms with E-state index in [0.717, 1.165) is 23.4 Å². The number of fused-ring (bicyclic) bond motifs is 1. The van der Waals surface area contributed by atoms with Gasteiger partial charge in [0, 0.05) is 18.7 Å². The molecule has 3 heteroatoms. The maximum Gasteiger partial charge on any atom is 0.227 e. The monoisotopic (exact) mass is 295 g/mol. The highest BCUT2D eigenvalue weighted by Gasteiger charge is 2.25. The van der Waals surface area contributed by atoms with Crippen molar-refractivity contribution >= 4 is 11.6 Å². The van der Waals surface area contributed by atoms with E-state index in [4.69, 9.17) is 4.74 Å². The van der Waals surface area contributed by atoms with Gasteiger partial charge in [0.05, 0.1) is 6.61 Å². The van der Waals surface area contributed by atoms with Crippen molar-refractivity contribution in [2.75, 3.05) is 18.1 Å². The van der Waals surface area contributed by atoms with Crippen LogP contribution >= 0.6 is 0 Å². The molecule has 1 heterocycles. The van der Waals surface area contributed by atoms with Crippen molar-refractivity contribution in [1.29, 1.82) is 0 Å². The average molecular weight is 295 g/mol. The van der Waals surface area contributed by atoms with Crippen LogP contribution in [0.2, 0.25) is 0 Å². The Labute approximate surface area is 131 Å². The summed E-state index contributed by atoms with van der Waals surface area (Å²) >= 11 is 0. The summed E-state index contributed by atoms with van der Waals surface area (Å²) in [7, 11) is 0. The molecule has 2 aromatic rings. The molecule has 3 nitrogen and oxygen atoms in total. The molecule has 0 aromatic heterocycles. The van der Waals surface area contributed by atoms with Gasteiger partial charge in [0.1, 0.15) is 5.75 Å². The van der Waals surface area contributed by atoms with Gasteiger partial charge in [-0.15, -0.1) is 0 Å². The van der Waals surface area contributed by atoms with Crippen LogP contribution in [0.1, 0.15) is 31.2 Å². The lowest BCUT2D eigenvalue weighted by Gasteiger charge is -2.28. The van der Waals surface area contributed by atoms with E-state index in [2.05, 4.69) is 6.07 Å². The molecule has 0 radical (unpaired) electrons. The first kappa shape index (κ1) is 14.6. The van der Waals surface area contributed by atoms with Gasteiger partial charge in [-0.3, -0.25) is 4.79 Å². The van der Waals surface area contributed by atoms with Gasteiger partial charge in [-0.25, -0.2) is 0 Å². The molecule has 1 aliphatic rings. The lowest BCUT2D eigenvalue weighted by atomic mass is 9.90. The second-order valence-corrected chi connectivity index (χ2v) is 5.55. The maximum absolute atomic E-state index is 12.7. The molecule has 0 saturated carbocycles. The molecule has 3 rings (SSSR count). The van der Waals surface area contributed by atoms with Crippen molar-refractivity contribution in [3.8, 4) is 5.75 Å². The van der Waals surface area contributed by atoms with Gasteiger partial charge < -0.3 is 9.64 Å². The lowest BCUT2D eigenvalue weighted by molar-refractivity contribution is -0.119. The van der Waals surface area contributed by atoms with Crippen molar-refractivity contribution in [2.45, 2.75) is 25.7 Å². The Hall–Kier alpha value is -2.29. The summed E-state index contributed by atoms with van der Waals surface area (Å²) in [5.41, 5.74) is 2.13. The van der Waals surface area contributed by atoms with Gasteiger partial charge in [0.15, 0.2) is 0 Å². The molecule has 1 aliphatic heterocycles. The Morgan fingerprint density at radius 1 is 1.14 bits per heavy atom. The van der Waals surface area contributed by atoms with Crippen LogP contribution in [0.25, 0.3) is 0 Å². The first-order valence-electron chi connectivity index (χ1n) is 7.86. The lowest BCUT2D eigenvalue weighted by Crippen LogP contribution is -2.32. The molecule has 1 amide bonds. The minimum atomic E-state index is 0.176. The molecule has 1 unspecified atom stereocenters. The van der Waals surface area contributed by atoms with Crippen LogP contribution in [0.15, 0.2) is 54.6 Å². The van der Waals surface area contributed by atoms with E-state index in [1.807, 2.05) is 60.4 Å². The number of hydrogen-bond acceptors (Lipinski definition) is 2. The van der Waals surface area contributed by atoms with E-state index in [0.29, 0.717) is 19.6 Å². The summed E-state index contributed by atoms with van der Waals surface area (Å²) in [5.74, 6) is 1.35. The molecule has 0 fully saturated rings. The summed E-state index contributed by atoms with van der Waals surface area (Å²) in [4.78, 5) is 14.6. The van der Waals surface area contributed by atoms with E-state index in [-0.39, 0.29) is 11.8 Å². The number of ether oxygens (including phenoxy) is 1. The predicted octanol–water partition coefficient (Wildman–Crippen LogP) is 4.00. The number of carbonyl (C=O) groups is 1. The van der Waals surface area contributed by atoms with Crippen LogP contribution in [-0.2, 0) is 4.79 Å². The number of hydrogen-bond donors (Lipinski definition) is 0. The molecule has 0 bridgehead atoms. The zero-order chi connectivity index (χ0) is 15.4.